The smallest absolute Gasteiger partial charge is 0.151 e. The minimum absolute atomic E-state index is 0.468. The Hall–Kier alpha value is -1.20. The molecule has 2 heterocycles. The van der Waals surface area contributed by atoms with Gasteiger partial charge in [-0.3, -0.25) is 4.90 Å². The van der Waals surface area contributed by atoms with Gasteiger partial charge in [-0.15, -0.1) is 5.10 Å². The highest BCUT2D eigenvalue weighted by atomic mass is 15.3. The topological polar surface area (TPSA) is 44.3 Å². The van der Waals surface area contributed by atoms with Crippen molar-refractivity contribution in [2.24, 2.45) is 0 Å². The molecule has 0 spiro atoms. The molecule has 0 amide bonds. The molecule has 1 aliphatic heterocycles. The quantitative estimate of drug-likeness (QED) is 0.903. The van der Waals surface area contributed by atoms with Crippen LogP contribution in [0.4, 0.5) is 5.82 Å². The molecule has 0 aliphatic carbocycles. The Kier molecular flexibility index (Phi) is 4.94. The standard InChI is InChI=1S/C15H27N5/c1-11(2)16-8-14-6-7-15(18-17-14)20-9-12(3)19(5)13(4)10-20/h6-7,11-13,16H,8-10H2,1-5H3. The molecule has 2 rings (SSSR count). The minimum atomic E-state index is 0.468. The fourth-order valence-corrected chi connectivity index (χ4v) is 2.52. The molecule has 5 nitrogen and oxygen atoms in total. The van der Waals surface area contributed by atoms with E-state index < -0.39 is 0 Å². The van der Waals surface area contributed by atoms with Crippen LogP contribution in [0.15, 0.2) is 12.1 Å². The molecular weight excluding hydrogens is 250 g/mol. The van der Waals surface area contributed by atoms with Gasteiger partial charge in [-0.25, -0.2) is 0 Å². The third-order valence-electron chi connectivity index (χ3n) is 4.08. The molecule has 0 saturated carbocycles. The molecule has 1 aromatic heterocycles. The molecule has 1 fully saturated rings. The van der Waals surface area contributed by atoms with Crippen LogP contribution in [0.25, 0.3) is 0 Å². The predicted molar refractivity (Wildman–Crippen MR) is 82.9 cm³/mol. The molecule has 2 atom stereocenters. The summed E-state index contributed by atoms with van der Waals surface area (Å²) < 4.78 is 0. The van der Waals surface area contributed by atoms with Crippen LogP contribution in [0, 0.1) is 0 Å². The summed E-state index contributed by atoms with van der Waals surface area (Å²) >= 11 is 0. The third-order valence-corrected chi connectivity index (χ3v) is 4.08. The Bertz CT molecular complexity index is 405. The third kappa shape index (κ3) is 3.67. The molecule has 112 valence electrons. The van der Waals surface area contributed by atoms with E-state index in [9.17, 15) is 0 Å². The molecule has 0 bridgehead atoms. The van der Waals surface area contributed by atoms with Gasteiger partial charge in [0.1, 0.15) is 0 Å². The first-order chi connectivity index (χ1) is 9.47. The molecule has 0 aromatic carbocycles. The van der Waals surface area contributed by atoms with Crippen LogP contribution < -0.4 is 10.2 Å². The maximum Gasteiger partial charge on any atom is 0.151 e. The van der Waals surface area contributed by atoms with Gasteiger partial charge in [-0.05, 0) is 33.0 Å². The average Bonchev–Trinajstić information content (AvgIpc) is 2.42. The van der Waals surface area contributed by atoms with Crippen molar-refractivity contribution in [1.82, 2.24) is 20.4 Å². The Morgan fingerprint density at radius 3 is 2.35 bits per heavy atom. The monoisotopic (exact) mass is 277 g/mol. The van der Waals surface area contributed by atoms with Crippen molar-refractivity contribution in [3.8, 4) is 0 Å². The lowest BCUT2D eigenvalue weighted by Crippen LogP contribution is -2.55. The lowest BCUT2D eigenvalue weighted by molar-refractivity contribution is 0.169. The molecule has 1 aliphatic rings. The van der Waals surface area contributed by atoms with Crippen molar-refractivity contribution in [2.75, 3.05) is 25.0 Å². The van der Waals surface area contributed by atoms with Crippen LogP contribution in [-0.2, 0) is 6.54 Å². The number of hydrogen-bond acceptors (Lipinski definition) is 5. The van der Waals surface area contributed by atoms with Gasteiger partial charge < -0.3 is 10.2 Å². The number of rotatable bonds is 4. The molecule has 1 aromatic rings. The van der Waals surface area contributed by atoms with E-state index in [2.05, 4.69) is 72.2 Å². The first-order valence-corrected chi connectivity index (χ1v) is 7.50. The molecule has 1 N–H and O–H groups in total. The second-order valence-corrected chi connectivity index (χ2v) is 6.19. The number of anilines is 1. The fourth-order valence-electron chi connectivity index (χ4n) is 2.52. The van der Waals surface area contributed by atoms with Crippen LogP contribution in [0.1, 0.15) is 33.4 Å². The van der Waals surface area contributed by atoms with Crippen LogP contribution in [0.3, 0.4) is 0 Å². The van der Waals surface area contributed by atoms with Crippen LogP contribution in [0.5, 0.6) is 0 Å². The van der Waals surface area contributed by atoms with Crippen LogP contribution in [-0.4, -0.2) is 53.4 Å². The van der Waals surface area contributed by atoms with Gasteiger partial charge in [0.05, 0.1) is 5.69 Å². The zero-order valence-corrected chi connectivity index (χ0v) is 13.3. The van der Waals surface area contributed by atoms with Crippen molar-refractivity contribution in [3.05, 3.63) is 17.8 Å². The van der Waals surface area contributed by atoms with Crippen molar-refractivity contribution < 1.29 is 0 Å². The highest BCUT2D eigenvalue weighted by Crippen LogP contribution is 2.18. The molecule has 0 radical (unpaired) electrons. The zero-order chi connectivity index (χ0) is 14.7. The van der Waals surface area contributed by atoms with Gasteiger partial charge >= 0.3 is 0 Å². The van der Waals surface area contributed by atoms with Gasteiger partial charge in [0.2, 0.25) is 0 Å². The number of hydrogen-bond donors (Lipinski definition) is 1. The number of nitrogens with one attached hydrogen (secondary N) is 1. The molecule has 20 heavy (non-hydrogen) atoms. The van der Waals surface area contributed by atoms with E-state index in [0.717, 1.165) is 31.1 Å². The second kappa shape index (κ2) is 6.50. The summed E-state index contributed by atoms with van der Waals surface area (Å²) in [6.45, 7) is 11.6. The Labute approximate surface area is 122 Å². The first kappa shape index (κ1) is 15.2. The Morgan fingerprint density at radius 1 is 1.20 bits per heavy atom. The highest BCUT2D eigenvalue weighted by molar-refractivity contribution is 5.38. The van der Waals surface area contributed by atoms with Gasteiger partial charge in [-0.1, -0.05) is 13.8 Å². The molecule has 1 saturated heterocycles. The zero-order valence-electron chi connectivity index (χ0n) is 13.3. The summed E-state index contributed by atoms with van der Waals surface area (Å²) in [7, 11) is 2.19. The molecular formula is C15H27N5. The number of piperazine rings is 1. The van der Waals surface area contributed by atoms with Crippen molar-refractivity contribution in [1.29, 1.82) is 0 Å². The predicted octanol–water partition coefficient (Wildman–Crippen LogP) is 1.50. The summed E-state index contributed by atoms with van der Waals surface area (Å²) in [5, 5.41) is 12.1. The average molecular weight is 277 g/mol. The molecule has 5 heteroatoms. The van der Waals surface area contributed by atoms with Gasteiger partial charge in [0.15, 0.2) is 5.82 Å². The number of nitrogens with zero attached hydrogens (tertiary/aromatic N) is 4. The Morgan fingerprint density at radius 2 is 1.85 bits per heavy atom. The van der Waals surface area contributed by atoms with E-state index >= 15 is 0 Å². The minimum Gasteiger partial charge on any atom is -0.352 e. The lowest BCUT2D eigenvalue weighted by atomic mass is 10.1. The van der Waals surface area contributed by atoms with E-state index in [1.165, 1.54) is 0 Å². The summed E-state index contributed by atoms with van der Waals surface area (Å²) in [4.78, 5) is 4.76. The SMILES string of the molecule is CC(C)NCc1ccc(N2CC(C)N(C)C(C)C2)nn1. The maximum atomic E-state index is 4.39. The van der Waals surface area contributed by atoms with Crippen LogP contribution >= 0.6 is 0 Å². The van der Waals surface area contributed by atoms with E-state index in [1.807, 2.05) is 0 Å². The maximum absolute atomic E-state index is 4.39. The van der Waals surface area contributed by atoms with E-state index in [1.54, 1.807) is 0 Å². The summed E-state index contributed by atoms with van der Waals surface area (Å²) in [6.07, 6.45) is 0. The lowest BCUT2D eigenvalue weighted by Gasteiger charge is -2.42. The fraction of sp³-hybridized carbons (Fsp3) is 0.733. The van der Waals surface area contributed by atoms with E-state index in [0.29, 0.717) is 18.1 Å². The first-order valence-electron chi connectivity index (χ1n) is 7.50. The van der Waals surface area contributed by atoms with Gasteiger partial charge in [0, 0.05) is 37.8 Å². The highest BCUT2D eigenvalue weighted by Gasteiger charge is 2.27. The summed E-state index contributed by atoms with van der Waals surface area (Å²) in [5.74, 6) is 0.991. The summed E-state index contributed by atoms with van der Waals surface area (Å²) in [5.41, 5.74) is 0.998. The summed E-state index contributed by atoms with van der Waals surface area (Å²) in [6, 6.07) is 5.72. The normalized spacial score (nSPS) is 24.4. The largest absolute Gasteiger partial charge is 0.352 e. The van der Waals surface area contributed by atoms with Crippen molar-refractivity contribution in [3.63, 3.8) is 0 Å². The van der Waals surface area contributed by atoms with Crippen molar-refractivity contribution in [2.45, 2.75) is 52.4 Å². The number of likely N-dealkylation sites (N-methyl/N-ethyl adjacent to an activating group) is 1. The van der Waals surface area contributed by atoms with Crippen molar-refractivity contribution >= 4 is 5.82 Å². The molecule has 2 unspecified atom stereocenters. The second-order valence-electron chi connectivity index (χ2n) is 6.19. The van der Waals surface area contributed by atoms with E-state index in [-0.39, 0.29) is 0 Å². The van der Waals surface area contributed by atoms with Crippen LogP contribution in [0.2, 0.25) is 0 Å². The van der Waals surface area contributed by atoms with E-state index in [4.69, 9.17) is 0 Å². The van der Waals surface area contributed by atoms with Gasteiger partial charge in [0.25, 0.3) is 0 Å². The van der Waals surface area contributed by atoms with Gasteiger partial charge in [-0.2, -0.15) is 5.10 Å². The number of aromatic nitrogens is 2. The Balaban J connectivity index is 1.99.